The maximum atomic E-state index is 13.0. The van der Waals surface area contributed by atoms with E-state index in [1.807, 2.05) is 13.8 Å². The predicted molar refractivity (Wildman–Crippen MR) is 66.1 cm³/mol. The normalized spacial score (nSPS) is 9.41. The van der Waals surface area contributed by atoms with Crippen molar-refractivity contribution in [2.75, 3.05) is 6.54 Å². The molecule has 0 aliphatic rings. The highest BCUT2D eigenvalue weighted by Crippen LogP contribution is 2.14. The molecule has 3 heteroatoms. The number of benzene rings is 1. The molecule has 1 rings (SSSR count). The number of carbonyl (C=O) groups is 1. The molecule has 0 aliphatic heterocycles. The molecule has 1 amide bonds. The molecule has 17 heavy (non-hydrogen) atoms. The summed E-state index contributed by atoms with van der Waals surface area (Å²) in [5, 5.41) is 2.67. The van der Waals surface area contributed by atoms with Gasteiger partial charge in [-0.15, -0.1) is 0 Å². The first-order chi connectivity index (χ1) is 8.00. The van der Waals surface area contributed by atoms with Crippen LogP contribution in [0.5, 0.6) is 0 Å². The molecule has 0 radical (unpaired) electrons. The Morgan fingerprint density at radius 3 is 2.47 bits per heavy atom. The summed E-state index contributed by atoms with van der Waals surface area (Å²) in [5.41, 5.74) is 2.55. The average Bonchev–Trinajstić information content (AvgIpc) is 2.20. The minimum Gasteiger partial charge on any atom is -0.355 e. The largest absolute Gasteiger partial charge is 0.355 e. The van der Waals surface area contributed by atoms with E-state index in [4.69, 9.17) is 0 Å². The third kappa shape index (κ3) is 4.28. The van der Waals surface area contributed by atoms with Crippen molar-refractivity contribution in [1.29, 1.82) is 0 Å². The first kappa shape index (κ1) is 13.2. The van der Waals surface area contributed by atoms with Crippen molar-refractivity contribution < 1.29 is 9.18 Å². The molecule has 0 fully saturated rings. The van der Waals surface area contributed by atoms with Gasteiger partial charge in [-0.3, -0.25) is 4.79 Å². The zero-order valence-corrected chi connectivity index (χ0v) is 10.4. The molecular weight excluding hydrogens is 217 g/mol. The molecule has 0 aromatic heterocycles. The Morgan fingerprint density at radius 2 is 1.94 bits per heavy atom. The van der Waals surface area contributed by atoms with Gasteiger partial charge >= 0.3 is 0 Å². The molecule has 0 saturated heterocycles. The Balaban J connectivity index is 2.69. The summed E-state index contributed by atoms with van der Waals surface area (Å²) >= 11 is 0. The summed E-state index contributed by atoms with van der Waals surface area (Å²) < 4.78 is 13.0. The Labute approximate surface area is 101 Å². The summed E-state index contributed by atoms with van der Waals surface area (Å²) in [4.78, 5) is 10.6. The molecule has 0 spiro atoms. The molecule has 0 saturated carbocycles. The Bertz CT molecular complexity index is 460. The lowest BCUT2D eigenvalue weighted by atomic mass is 10.0. The number of rotatable bonds is 2. The van der Waals surface area contributed by atoms with Crippen LogP contribution < -0.4 is 5.32 Å². The Kier molecular flexibility index (Phi) is 4.71. The van der Waals surface area contributed by atoms with E-state index in [0.29, 0.717) is 13.0 Å². The minimum atomic E-state index is -0.233. The van der Waals surface area contributed by atoms with E-state index in [-0.39, 0.29) is 11.7 Å². The highest BCUT2D eigenvalue weighted by atomic mass is 19.1. The van der Waals surface area contributed by atoms with Crippen LogP contribution in [0.1, 0.15) is 30.0 Å². The van der Waals surface area contributed by atoms with E-state index in [1.54, 1.807) is 0 Å². The van der Waals surface area contributed by atoms with Crippen molar-refractivity contribution >= 4 is 5.91 Å². The van der Waals surface area contributed by atoms with Crippen LogP contribution in [0.15, 0.2) is 12.1 Å². The van der Waals surface area contributed by atoms with Crippen molar-refractivity contribution in [3.63, 3.8) is 0 Å². The number of nitrogens with one attached hydrogen (secondary N) is 1. The Hall–Kier alpha value is -1.82. The molecule has 0 bridgehead atoms. The summed E-state index contributed by atoms with van der Waals surface area (Å²) in [7, 11) is 0. The zero-order chi connectivity index (χ0) is 12.8. The molecule has 2 nitrogen and oxygen atoms in total. The molecule has 1 aromatic carbocycles. The van der Waals surface area contributed by atoms with Crippen LogP contribution in [0.4, 0.5) is 4.39 Å². The maximum Gasteiger partial charge on any atom is 0.216 e. The number of aryl methyl sites for hydroxylation is 2. The van der Waals surface area contributed by atoms with E-state index >= 15 is 0 Å². The fraction of sp³-hybridized carbons (Fsp3) is 0.357. The summed E-state index contributed by atoms with van der Waals surface area (Å²) in [6.45, 7) is 5.70. The molecule has 0 unspecified atom stereocenters. The van der Waals surface area contributed by atoms with Crippen molar-refractivity contribution in [1.82, 2.24) is 5.32 Å². The molecule has 1 aromatic rings. The summed E-state index contributed by atoms with van der Waals surface area (Å²) in [6, 6.07) is 2.95. The van der Waals surface area contributed by atoms with Crippen LogP contribution in [0.3, 0.4) is 0 Å². The SMILES string of the molecule is CC(=O)NCCC#Cc1c(C)cc(F)cc1C. The average molecular weight is 233 g/mol. The van der Waals surface area contributed by atoms with Gasteiger partial charge in [0.05, 0.1) is 0 Å². The summed E-state index contributed by atoms with van der Waals surface area (Å²) in [5.74, 6) is 5.70. The number of hydrogen-bond donors (Lipinski definition) is 1. The first-order valence-corrected chi connectivity index (χ1v) is 5.50. The maximum absolute atomic E-state index is 13.0. The van der Waals surface area contributed by atoms with Crippen LogP contribution >= 0.6 is 0 Å². The van der Waals surface area contributed by atoms with Crippen molar-refractivity contribution in [2.45, 2.75) is 27.2 Å². The van der Waals surface area contributed by atoms with Crippen LogP contribution in [0.25, 0.3) is 0 Å². The molecule has 0 heterocycles. The number of hydrogen-bond acceptors (Lipinski definition) is 1. The molecule has 1 N–H and O–H groups in total. The van der Waals surface area contributed by atoms with Gasteiger partial charge in [0, 0.05) is 25.5 Å². The molecule has 90 valence electrons. The van der Waals surface area contributed by atoms with E-state index in [1.165, 1.54) is 19.1 Å². The standard InChI is InChI=1S/C14H16FNO/c1-10-8-13(15)9-11(2)14(10)6-4-5-7-16-12(3)17/h8-9H,5,7H2,1-3H3,(H,16,17). The van der Waals surface area contributed by atoms with Crippen molar-refractivity contribution in [3.8, 4) is 11.8 Å². The van der Waals surface area contributed by atoms with Crippen LogP contribution in [-0.4, -0.2) is 12.5 Å². The van der Waals surface area contributed by atoms with Gasteiger partial charge in [0.1, 0.15) is 5.82 Å². The monoisotopic (exact) mass is 233 g/mol. The van der Waals surface area contributed by atoms with Crippen LogP contribution in [0.2, 0.25) is 0 Å². The molecule has 0 atom stereocenters. The van der Waals surface area contributed by atoms with Gasteiger partial charge in [-0.1, -0.05) is 11.8 Å². The van der Waals surface area contributed by atoms with E-state index in [9.17, 15) is 9.18 Å². The van der Waals surface area contributed by atoms with Gasteiger partial charge in [0.15, 0.2) is 0 Å². The minimum absolute atomic E-state index is 0.0547. The van der Waals surface area contributed by atoms with Gasteiger partial charge in [-0.25, -0.2) is 4.39 Å². The van der Waals surface area contributed by atoms with Gasteiger partial charge in [0.25, 0.3) is 0 Å². The lowest BCUT2D eigenvalue weighted by molar-refractivity contribution is -0.118. The lowest BCUT2D eigenvalue weighted by Crippen LogP contribution is -2.20. The molecular formula is C14H16FNO. The third-order valence-corrected chi connectivity index (χ3v) is 2.33. The third-order valence-electron chi connectivity index (χ3n) is 2.33. The smallest absolute Gasteiger partial charge is 0.216 e. The number of carbonyl (C=O) groups excluding carboxylic acids is 1. The molecule has 0 aliphatic carbocycles. The number of amides is 1. The second-order valence-corrected chi connectivity index (χ2v) is 3.95. The van der Waals surface area contributed by atoms with Gasteiger partial charge in [-0.2, -0.15) is 0 Å². The quantitative estimate of drug-likeness (QED) is 0.616. The van der Waals surface area contributed by atoms with E-state index in [0.717, 1.165) is 16.7 Å². The first-order valence-electron chi connectivity index (χ1n) is 5.50. The topological polar surface area (TPSA) is 29.1 Å². The van der Waals surface area contributed by atoms with E-state index < -0.39 is 0 Å². The number of halogens is 1. The van der Waals surface area contributed by atoms with Gasteiger partial charge in [0.2, 0.25) is 5.91 Å². The second kappa shape index (κ2) is 6.05. The van der Waals surface area contributed by atoms with Gasteiger partial charge < -0.3 is 5.32 Å². The van der Waals surface area contributed by atoms with Crippen LogP contribution in [0, 0.1) is 31.5 Å². The van der Waals surface area contributed by atoms with Crippen molar-refractivity contribution in [2.24, 2.45) is 0 Å². The predicted octanol–water partition coefficient (Wildman–Crippen LogP) is 2.32. The summed E-state index contributed by atoms with van der Waals surface area (Å²) in [6.07, 6.45) is 0.593. The highest BCUT2D eigenvalue weighted by molar-refractivity contribution is 5.72. The zero-order valence-electron chi connectivity index (χ0n) is 10.4. The lowest BCUT2D eigenvalue weighted by Gasteiger charge is -2.03. The fourth-order valence-electron chi connectivity index (χ4n) is 1.56. The Morgan fingerprint density at radius 1 is 1.35 bits per heavy atom. The van der Waals surface area contributed by atoms with E-state index in [2.05, 4.69) is 17.2 Å². The van der Waals surface area contributed by atoms with Gasteiger partial charge in [-0.05, 0) is 37.1 Å². The van der Waals surface area contributed by atoms with Crippen LogP contribution in [-0.2, 0) is 4.79 Å². The fourth-order valence-corrected chi connectivity index (χ4v) is 1.56. The van der Waals surface area contributed by atoms with Crippen molar-refractivity contribution in [3.05, 3.63) is 34.6 Å². The highest BCUT2D eigenvalue weighted by Gasteiger charge is 2.01. The second-order valence-electron chi connectivity index (χ2n) is 3.95.